The molecule has 0 radical (unpaired) electrons. The van der Waals surface area contributed by atoms with Crippen LogP contribution in [0.2, 0.25) is 0 Å². The summed E-state index contributed by atoms with van der Waals surface area (Å²) in [6.07, 6.45) is 2.16. The third-order valence-electron chi connectivity index (χ3n) is 4.05. The number of sulfonamides is 1. The summed E-state index contributed by atoms with van der Waals surface area (Å²) in [5, 5.41) is 2.64. The summed E-state index contributed by atoms with van der Waals surface area (Å²) in [7, 11) is -3.65. The van der Waals surface area contributed by atoms with Crippen molar-refractivity contribution < 1.29 is 27.2 Å². The molecule has 2 atom stereocenters. The monoisotopic (exact) mass is 408 g/mol. The van der Waals surface area contributed by atoms with Gasteiger partial charge in [0.2, 0.25) is 10.0 Å². The van der Waals surface area contributed by atoms with E-state index in [2.05, 4.69) is 10.0 Å². The predicted octanol–water partition coefficient (Wildman–Crippen LogP) is 2.39. The number of amides is 1. The van der Waals surface area contributed by atoms with Crippen LogP contribution in [0.5, 0.6) is 0 Å². The molecule has 0 aliphatic carbocycles. The molecule has 1 aromatic heterocycles. The van der Waals surface area contributed by atoms with Gasteiger partial charge in [0.05, 0.1) is 22.8 Å². The fourth-order valence-corrected chi connectivity index (χ4v) is 3.62. The van der Waals surface area contributed by atoms with E-state index in [1.54, 1.807) is 26.0 Å². The Morgan fingerprint density at radius 3 is 2.39 bits per heavy atom. The quantitative estimate of drug-likeness (QED) is 0.616. The highest BCUT2D eigenvalue weighted by Crippen LogP contribution is 2.13. The molecule has 0 saturated carbocycles. The third kappa shape index (κ3) is 5.93. The molecule has 28 heavy (non-hydrogen) atoms. The lowest BCUT2D eigenvalue weighted by Crippen LogP contribution is -2.32. The van der Waals surface area contributed by atoms with Gasteiger partial charge >= 0.3 is 5.97 Å². The van der Waals surface area contributed by atoms with Crippen molar-refractivity contribution in [1.29, 1.82) is 0 Å². The van der Waals surface area contributed by atoms with Gasteiger partial charge in [-0.3, -0.25) is 4.79 Å². The van der Waals surface area contributed by atoms with Gasteiger partial charge in [0, 0.05) is 6.04 Å². The molecule has 2 rings (SSSR count). The largest absolute Gasteiger partial charge is 0.467 e. The van der Waals surface area contributed by atoms with E-state index in [9.17, 15) is 18.0 Å². The van der Waals surface area contributed by atoms with Gasteiger partial charge < -0.3 is 14.5 Å². The minimum Gasteiger partial charge on any atom is -0.467 e. The molecule has 0 unspecified atom stereocenters. The van der Waals surface area contributed by atoms with Crippen molar-refractivity contribution in [3.05, 3.63) is 54.0 Å². The van der Waals surface area contributed by atoms with Crippen molar-refractivity contribution in [3.63, 3.8) is 0 Å². The molecule has 8 nitrogen and oxygen atoms in total. The Hall–Kier alpha value is -2.65. The predicted molar refractivity (Wildman–Crippen MR) is 102 cm³/mol. The molecule has 0 fully saturated rings. The Labute approximate surface area is 164 Å². The number of benzene rings is 1. The number of carbonyl (C=O) groups excluding carboxylic acids is 2. The van der Waals surface area contributed by atoms with E-state index in [1.807, 2.05) is 6.92 Å². The highest BCUT2D eigenvalue weighted by Gasteiger charge is 2.18. The van der Waals surface area contributed by atoms with Crippen molar-refractivity contribution in [3.8, 4) is 0 Å². The Kier molecular flexibility index (Phi) is 7.36. The zero-order valence-corrected chi connectivity index (χ0v) is 16.8. The zero-order valence-electron chi connectivity index (χ0n) is 16.0. The molecule has 0 bridgehead atoms. The molecule has 0 spiro atoms. The first-order valence-electron chi connectivity index (χ1n) is 8.85. The topological polar surface area (TPSA) is 115 Å². The number of furan rings is 1. The Morgan fingerprint density at radius 2 is 1.82 bits per heavy atom. The van der Waals surface area contributed by atoms with Crippen LogP contribution in [0, 0.1) is 0 Å². The van der Waals surface area contributed by atoms with Crippen LogP contribution in [-0.2, 0) is 19.6 Å². The molecule has 1 heterocycles. The minimum atomic E-state index is -3.65. The Morgan fingerprint density at radius 1 is 1.14 bits per heavy atom. The third-order valence-corrected chi connectivity index (χ3v) is 5.66. The van der Waals surface area contributed by atoms with Crippen molar-refractivity contribution in [2.45, 2.75) is 44.2 Å². The van der Waals surface area contributed by atoms with Crippen LogP contribution >= 0.6 is 0 Å². The SMILES string of the molecule is CC[C@H](C)NS(=O)(=O)c1ccc(C(=O)OCC(=O)N[C@H](C)c2ccco2)cc1. The normalized spacial score (nSPS) is 13.5. The van der Waals surface area contributed by atoms with Crippen LogP contribution in [0.15, 0.2) is 52.0 Å². The van der Waals surface area contributed by atoms with Crippen molar-refractivity contribution in [1.82, 2.24) is 10.0 Å². The van der Waals surface area contributed by atoms with E-state index in [0.29, 0.717) is 12.2 Å². The van der Waals surface area contributed by atoms with Crippen LogP contribution in [0.3, 0.4) is 0 Å². The fraction of sp³-hybridized carbons (Fsp3) is 0.368. The molecule has 152 valence electrons. The average Bonchev–Trinajstić information content (AvgIpc) is 3.20. The van der Waals surface area contributed by atoms with Crippen LogP contribution < -0.4 is 10.0 Å². The van der Waals surface area contributed by atoms with Gasteiger partial charge in [0.1, 0.15) is 5.76 Å². The lowest BCUT2D eigenvalue weighted by atomic mass is 10.2. The maximum atomic E-state index is 12.2. The second-order valence-electron chi connectivity index (χ2n) is 6.34. The van der Waals surface area contributed by atoms with E-state index in [-0.39, 0.29) is 22.5 Å². The van der Waals surface area contributed by atoms with Crippen molar-refractivity contribution >= 4 is 21.9 Å². The minimum absolute atomic E-state index is 0.0503. The van der Waals surface area contributed by atoms with Crippen LogP contribution in [0.25, 0.3) is 0 Å². The first kappa shape index (κ1) is 21.6. The summed E-state index contributed by atoms with van der Waals surface area (Å²) in [6.45, 7) is 4.92. The van der Waals surface area contributed by atoms with Gasteiger partial charge in [-0.25, -0.2) is 17.9 Å². The maximum absolute atomic E-state index is 12.2. The summed E-state index contributed by atoms with van der Waals surface area (Å²) >= 11 is 0. The molecule has 1 aromatic carbocycles. The number of hydrogen-bond donors (Lipinski definition) is 2. The van der Waals surface area contributed by atoms with Crippen molar-refractivity contribution in [2.75, 3.05) is 6.61 Å². The summed E-state index contributed by atoms with van der Waals surface area (Å²) < 4.78 is 37.1. The first-order chi connectivity index (χ1) is 13.2. The summed E-state index contributed by atoms with van der Waals surface area (Å²) in [5.74, 6) is -0.615. The second kappa shape index (κ2) is 9.52. The van der Waals surface area contributed by atoms with Crippen LogP contribution in [0.4, 0.5) is 0 Å². The van der Waals surface area contributed by atoms with E-state index in [0.717, 1.165) is 0 Å². The maximum Gasteiger partial charge on any atom is 0.338 e. The van der Waals surface area contributed by atoms with E-state index in [1.165, 1.54) is 30.5 Å². The van der Waals surface area contributed by atoms with Gasteiger partial charge in [0.25, 0.3) is 5.91 Å². The molecule has 2 N–H and O–H groups in total. The fourth-order valence-electron chi connectivity index (χ4n) is 2.29. The first-order valence-corrected chi connectivity index (χ1v) is 10.3. The van der Waals surface area contributed by atoms with Gasteiger partial charge in [-0.2, -0.15) is 0 Å². The molecule has 9 heteroatoms. The van der Waals surface area contributed by atoms with E-state index >= 15 is 0 Å². The molecular formula is C19H24N2O6S. The highest BCUT2D eigenvalue weighted by atomic mass is 32.2. The molecular weight excluding hydrogens is 384 g/mol. The van der Waals surface area contributed by atoms with Crippen molar-refractivity contribution in [2.24, 2.45) is 0 Å². The smallest absolute Gasteiger partial charge is 0.338 e. The van der Waals surface area contributed by atoms with Crippen LogP contribution in [-0.4, -0.2) is 32.9 Å². The summed E-state index contributed by atoms with van der Waals surface area (Å²) in [6, 6.07) is 8.21. The molecule has 0 aliphatic heterocycles. The molecule has 1 amide bonds. The highest BCUT2D eigenvalue weighted by molar-refractivity contribution is 7.89. The summed E-state index contributed by atoms with van der Waals surface area (Å²) in [4.78, 5) is 24.0. The summed E-state index contributed by atoms with van der Waals surface area (Å²) in [5.41, 5.74) is 0.148. The van der Waals surface area contributed by atoms with Crippen LogP contribution in [0.1, 0.15) is 49.4 Å². The number of carbonyl (C=O) groups is 2. The standard InChI is InChI=1S/C19H24N2O6S/c1-4-13(2)21-28(24,25)16-9-7-15(8-10-16)19(23)27-12-18(22)20-14(3)17-6-5-11-26-17/h5-11,13-14,21H,4,12H2,1-3H3,(H,20,22)/t13-,14+/m0/s1. The van der Waals surface area contributed by atoms with Gasteiger partial charge in [-0.05, 0) is 56.7 Å². The Bertz CT molecular complexity index is 891. The van der Waals surface area contributed by atoms with Gasteiger partial charge in [-0.15, -0.1) is 0 Å². The van der Waals surface area contributed by atoms with E-state index in [4.69, 9.17) is 9.15 Å². The Balaban J connectivity index is 1.89. The zero-order chi connectivity index (χ0) is 20.7. The van der Waals surface area contributed by atoms with Gasteiger partial charge in [0.15, 0.2) is 6.61 Å². The molecule has 0 aliphatic rings. The number of esters is 1. The lowest BCUT2D eigenvalue weighted by molar-refractivity contribution is -0.125. The number of rotatable bonds is 9. The van der Waals surface area contributed by atoms with Gasteiger partial charge in [-0.1, -0.05) is 6.92 Å². The molecule has 0 saturated heterocycles. The lowest BCUT2D eigenvalue weighted by Gasteiger charge is -2.13. The number of ether oxygens (including phenoxy) is 1. The second-order valence-corrected chi connectivity index (χ2v) is 8.05. The number of nitrogens with one attached hydrogen (secondary N) is 2. The average molecular weight is 408 g/mol. The van der Waals surface area contributed by atoms with E-state index < -0.39 is 28.5 Å². The molecule has 2 aromatic rings. The number of hydrogen-bond acceptors (Lipinski definition) is 6.